The van der Waals surface area contributed by atoms with Crippen molar-refractivity contribution in [2.24, 2.45) is 5.10 Å². The quantitative estimate of drug-likeness (QED) is 0.558. The highest BCUT2D eigenvalue weighted by Crippen LogP contribution is 2.18. The Morgan fingerprint density at radius 1 is 1.62 bits per heavy atom. The molecule has 0 aliphatic heterocycles. The van der Waals surface area contributed by atoms with Crippen LogP contribution in [0.25, 0.3) is 0 Å². The third-order valence-corrected chi connectivity index (χ3v) is 2.09. The summed E-state index contributed by atoms with van der Waals surface area (Å²) < 4.78 is 0. The van der Waals surface area contributed by atoms with E-state index in [1.807, 2.05) is 25.3 Å². The molecule has 1 aromatic rings. The van der Waals surface area contributed by atoms with Gasteiger partial charge in [0.2, 0.25) is 0 Å². The van der Waals surface area contributed by atoms with Crippen LogP contribution >= 0.6 is 0 Å². The number of hydrogen-bond donors (Lipinski definition) is 1. The van der Waals surface area contributed by atoms with Gasteiger partial charge in [0.15, 0.2) is 0 Å². The zero-order valence-corrected chi connectivity index (χ0v) is 7.70. The molecule has 1 aromatic heterocycles. The first kappa shape index (κ1) is 8.23. The number of hydrazone groups is 1. The Kier molecular flexibility index (Phi) is 2.25. The minimum Gasteiger partial charge on any atom is -0.307 e. The summed E-state index contributed by atoms with van der Waals surface area (Å²) in [5.74, 6) is 0. The highest BCUT2D eigenvalue weighted by Gasteiger charge is 2.19. The molecule has 0 radical (unpaired) electrons. The van der Waals surface area contributed by atoms with Gasteiger partial charge in [0.05, 0.1) is 6.21 Å². The SMILES string of the molecule is Cc1ncccc1/C=N/NC1CC1. The highest BCUT2D eigenvalue weighted by molar-refractivity contribution is 5.80. The molecular formula is C10H13N3. The second-order valence-corrected chi connectivity index (χ2v) is 3.34. The van der Waals surface area contributed by atoms with Crippen molar-refractivity contribution in [3.63, 3.8) is 0 Å². The van der Waals surface area contributed by atoms with Crippen molar-refractivity contribution >= 4 is 6.21 Å². The number of rotatable bonds is 3. The number of hydrogen-bond acceptors (Lipinski definition) is 3. The molecule has 3 heteroatoms. The lowest BCUT2D eigenvalue weighted by Gasteiger charge is -1.97. The standard InChI is InChI=1S/C10H13N3/c1-8-9(3-2-6-11-8)7-12-13-10-4-5-10/h2-3,6-7,10,13H,4-5H2,1H3/b12-7+. The minimum absolute atomic E-state index is 0.619. The Bertz CT molecular complexity index is 316. The zero-order chi connectivity index (χ0) is 9.10. The van der Waals surface area contributed by atoms with Crippen molar-refractivity contribution in [3.05, 3.63) is 29.6 Å². The molecule has 0 bridgehead atoms. The van der Waals surface area contributed by atoms with Gasteiger partial charge in [-0.05, 0) is 25.8 Å². The van der Waals surface area contributed by atoms with E-state index in [9.17, 15) is 0 Å². The summed E-state index contributed by atoms with van der Waals surface area (Å²) in [6.07, 6.45) is 6.13. The van der Waals surface area contributed by atoms with Gasteiger partial charge in [-0.15, -0.1) is 0 Å². The lowest BCUT2D eigenvalue weighted by molar-refractivity contribution is 0.741. The van der Waals surface area contributed by atoms with Crippen LogP contribution in [0.2, 0.25) is 0 Å². The van der Waals surface area contributed by atoms with E-state index in [-0.39, 0.29) is 0 Å². The molecule has 1 aliphatic carbocycles. The second kappa shape index (κ2) is 3.56. The maximum Gasteiger partial charge on any atom is 0.0558 e. The molecule has 1 aliphatic rings. The third-order valence-electron chi connectivity index (χ3n) is 2.09. The zero-order valence-electron chi connectivity index (χ0n) is 7.70. The van der Waals surface area contributed by atoms with Gasteiger partial charge in [0.25, 0.3) is 0 Å². The average molecular weight is 175 g/mol. The molecule has 1 fully saturated rings. The Labute approximate surface area is 77.9 Å². The van der Waals surface area contributed by atoms with Crippen LogP contribution in [0.5, 0.6) is 0 Å². The fourth-order valence-electron chi connectivity index (χ4n) is 1.06. The summed E-state index contributed by atoms with van der Waals surface area (Å²) in [6.45, 7) is 1.98. The van der Waals surface area contributed by atoms with Crippen LogP contribution in [0.4, 0.5) is 0 Å². The number of nitrogens with zero attached hydrogens (tertiary/aromatic N) is 2. The fraction of sp³-hybridized carbons (Fsp3) is 0.400. The second-order valence-electron chi connectivity index (χ2n) is 3.34. The largest absolute Gasteiger partial charge is 0.307 e. The molecule has 1 saturated carbocycles. The Morgan fingerprint density at radius 3 is 3.15 bits per heavy atom. The molecule has 0 atom stereocenters. The van der Waals surface area contributed by atoms with Crippen molar-refractivity contribution in [3.8, 4) is 0 Å². The van der Waals surface area contributed by atoms with Crippen LogP contribution in [0.15, 0.2) is 23.4 Å². The molecule has 13 heavy (non-hydrogen) atoms. The van der Waals surface area contributed by atoms with Crippen LogP contribution in [-0.2, 0) is 0 Å². The average Bonchev–Trinajstić information content (AvgIpc) is 2.92. The van der Waals surface area contributed by atoms with E-state index in [1.165, 1.54) is 12.8 Å². The maximum atomic E-state index is 4.17. The summed E-state index contributed by atoms with van der Waals surface area (Å²) >= 11 is 0. The normalized spacial score (nSPS) is 16.4. The van der Waals surface area contributed by atoms with Crippen molar-refractivity contribution in [1.29, 1.82) is 0 Å². The first-order chi connectivity index (χ1) is 6.36. The molecule has 0 unspecified atom stereocenters. The Balaban J connectivity index is 1.99. The van der Waals surface area contributed by atoms with Crippen LogP contribution in [0.1, 0.15) is 24.1 Å². The molecule has 0 spiro atoms. The summed E-state index contributed by atoms with van der Waals surface area (Å²) in [5, 5.41) is 4.15. The first-order valence-electron chi connectivity index (χ1n) is 4.56. The van der Waals surface area contributed by atoms with E-state index in [0.717, 1.165) is 11.3 Å². The van der Waals surface area contributed by atoms with Gasteiger partial charge in [-0.25, -0.2) is 0 Å². The van der Waals surface area contributed by atoms with Crippen LogP contribution in [-0.4, -0.2) is 17.2 Å². The van der Waals surface area contributed by atoms with Gasteiger partial charge in [-0.1, -0.05) is 6.07 Å². The van der Waals surface area contributed by atoms with Crippen molar-refractivity contribution in [2.75, 3.05) is 0 Å². The van der Waals surface area contributed by atoms with Crippen LogP contribution in [0.3, 0.4) is 0 Å². The predicted octanol–water partition coefficient (Wildman–Crippen LogP) is 1.48. The smallest absolute Gasteiger partial charge is 0.0558 e. The van der Waals surface area contributed by atoms with Crippen molar-refractivity contribution in [2.45, 2.75) is 25.8 Å². The Hall–Kier alpha value is -1.38. The van der Waals surface area contributed by atoms with Crippen LogP contribution < -0.4 is 5.43 Å². The third kappa shape index (κ3) is 2.28. The molecule has 1 heterocycles. The number of pyridine rings is 1. The molecule has 3 nitrogen and oxygen atoms in total. The first-order valence-corrected chi connectivity index (χ1v) is 4.56. The minimum atomic E-state index is 0.619. The van der Waals surface area contributed by atoms with E-state index in [0.29, 0.717) is 6.04 Å². The lowest BCUT2D eigenvalue weighted by atomic mass is 10.2. The molecule has 2 rings (SSSR count). The number of aryl methyl sites for hydroxylation is 1. The van der Waals surface area contributed by atoms with Crippen molar-refractivity contribution in [1.82, 2.24) is 10.4 Å². The van der Waals surface area contributed by atoms with Crippen molar-refractivity contribution < 1.29 is 0 Å². The fourth-order valence-corrected chi connectivity index (χ4v) is 1.06. The van der Waals surface area contributed by atoms with Gasteiger partial charge >= 0.3 is 0 Å². The number of aromatic nitrogens is 1. The van der Waals surface area contributed by atoms with E-state index < -0.39 is 0 Å². The van der Waals surface area contributed by atoms with E-state index in [2.05, 4.69) is 15.5 Å². The molecule has 0 aromatic carbocycles. The maximum absolute atomic E-state index is 4.17. The molecular weight excluding hydrogens is 162 g/mol. The molecule has 0 amide bonds. The van der Waals surface area contributed by atoms with Gasteiger partial charge < -0.3 is 5.43 Å². The summed E-state index contributed by atoms with van der Waals surface area (Å²) in [5.41, 5.74) is 5.17. The lowest BCUT2D eigenvalue weighted by Crippen LogP contribution is -2.07. The number of nitrogens with one attached hydrogen (secondary N) is 1. The van der Waals surface area contributed by atoms with E-state index in [1.54, 1.807) is 6.20 Å². The highest BCUT2D eigenvalue weighted by atomic mass is 15.3. The van der Waals surface area contributed by atoms with E-state index in [4.69, 9.17) is 0 Å². The summed E-state index contributed by atoms with van der Waals surface area (Å²) in [4.78, 5) is 4.17. The molecule has 1 N–H and O–H groups in total. The molecule has 68 valence electrons. The van der Waals surface area contributed by atoms with Gasteiger partial charge in [-0.3, -0.25) is 4.98 Å². The summed E-state index contributed by atoms with van der Waals surface area (Å²) in [6, 6.07) is 4.56. The van der Waals surface area contributed by atoms with E-state index >= 15 is 0 Å². The monoisotopic (exact) mass is 175 g/mol. The summed E-state index contributed by atoms with van der Waals surface area (Å²) in [7, 11) is 0. The predicted molar refractivity (Wildman–Crippen MR) is 52.7 cm³/mol. The molecule has 0 saturated heterocycles. The van der Waals surface area contributed by atoms with Gasteiger partial charge in [0.1, 0.15) is 0 Å². The van der Waals surface area contributed by atoms with Gasteiger partial charge in [-0.2, -0.15) is 5.10 Å². The van der Waals surface area contributed by atoms with Gasteiger partial charge in [0, 0.05) is 23.5 Å². The van der Waals surface area contributed by atoms with Crippen LogP contribution in [0, 0.1) is 6.92 Å². The topological polar surface area (TPSA) is 37.3 Å². The Morgan fingerprint density at radius 2 is 2.46 bits per heavy atom.